The molecule has 34 heavy (non-hydrogen) atoms. The molecular weight excluding hydrogens is 518 g/mol. The average Bonchev–Trinajstić information content (AvgIpc) is 2.79. The fourth-order valence-electron chi connectivity index (χ4n) is 3.58. The third kappa shape index (κ3) is 8.13. The van der Waals surface area contributed by atoms with E-state index in [0.717, 1.165) is 22.5 Å². The van der Waals surface area contributed by atoms with Crippen molar-refractivity contribution in [3.05, 3.63) is 64.6 Å². The molecule has 2 atom stereocenters. The van der Waals surface area contributed by atoms with Crippen molar-refractivity contribution >= 4 is 43.5 Å². The second-order valence-corrected chi connectivity index (χ2v) is 11.1. The van der Waals surface area contributed by atoms with Crippen LogP contribution in [0.1, 0.15) is 39.2 Å². The maximum atomic E-state index is 13.6. The molecule has 0 aromatic heterocycles. The fraction of sp³-hybridized carbons (Fsp3) is 0.440. The third-order valence-electron chi connectivity index (χ3n) is 5.65. The molecule has 0 heterocycles. The summed E-state index contributed by atoms with van der Waals surface area (Å²) < 4.78 is 27.0. The summed E-state index contributed by atoms with van der Waals surface area (Å²) in [5.74, 6) is -0.654. The molecule has 0 saturated carbocycles. The number of carbonyl (C=O) groups excluding carboxylic acids is 2. The zero-order chi connectivity index (χ0) is 25.3. The maximum Gasteiger partial charge on any atom is 0.244 e. The second-order valence-electron chi connectivity index (χ2n) is 8.31. The molecule has 0 aliphatic rings. The first-order chi connectivity index (χ1) is 16.1. The van der Waals surface area contributed by atoms with Crippen LogP contribution in [0.15, 0.2) is 59.1 Å². The molecule has 7 nitrogen and oxygen atoms in total. The standard InChI is InChI=1S/C25H34BrN3O4S/c1-5-19(3)27-25(31)23(6-2)28(16-15-20-11-8-7-9-12-20)24(30)18-29(34(4,32)33)22-14-10-13-21(26)17-22/h7-14,17,19,23H,5-6,15-16,18H2,1-4H3,(H,27,31). The minimum absolute atomic E-state index is 0.0261. The number of benzene rings is 2. The Kier molecular flexibility index (Phi) is 10.6. The highest BCUT2D eigenvalue weighted by molar-refractivity contribution is 9.10. The molecule has 0 spiro atoms. The monoisotopic (exact) mass is 551 g/mol. The lowest BCUT2D eigenvalue weighted by atomic mass is 10.1. The van der Waals surface area contributed by atoms with Gasteiger partial charge in [-0.2, -0.15) is 0 Å². The van der Waals surface area contributed by atoms with Gasteiger partial charge in [-0.1, -0.05) is 66.2 Å². The number of carbonyl (C=O) groups is 2. The predicted molar refractivity (Wildman–Crippen MR) is 140 cm³/mol. The summed E-state index contributed by atoms with van der Waals surface area (Å²) in [4.78, 5) is 28.1. The highest BCUT2D eigenvalue weighted by atomic mass is 79.9. The van der Waals surface area contributed by atoms with Gasteiger partial charge in [-0.15, -0.1) is 0 Å². The van der Waals surface area contributed by atoms with Gasteiger partial charge in [-0.25, -0.2) is 8.42 Å². The van der Waals surface area contributed by atoms with Gasteiger partial charge < -0.3 is 10.2 Å². The number of nitrogens with zero attached hydrogens (tertiary/aromatic N) is 2. The van der Waals surface area contributed by atoms with Crippen LogP contribution in [0.25, 0.3) is 0 Å². The number of anilines is 1. The Bertz CT molecular complexity index is 1060. The molecule has 0 aliphatic heterocycles. The van der Waals surface area contributed by atoms with Crippen molar-refractivity contribution in [2.45, 2.75) is 52.1 Å². The van der Waals surface area contributed by atoms with E-state index in [1.54, 1.807) is 24.3 Å². The largest absolute Gasteiger partial charge is 0.352 e. The smallest absolute Gasteiger partial charge is 0.244 e. The minimum atomic E-state index is -3.74. The van der Waals surface area contributed by atoms with E-state index in [2.05, 4.69) is 21.2 Å². The first-order valence-electron chi connectivity index (χ1n) is 11.4. The Hall–Kier alpha value is -2.39. The molecule has 2 unspecified atom stereocenters. The van der Waals surface area contributed by atoms with Gasteiger partial charge in [0.15, 0.2) is 0 Å². The fourth-order valence-corrected chi connectivity index (χ4v) is 4.81. The number of rotatable bonds is 12. The number of sulfonamides is 1. The van der Waals surface area contributed by atoms with Crippen molar-refractivity contribution in [1.82, 2.24) is 10.2 Å². The summed E-state index contributed by atoms with van der Waals surface area (Å²) in [6.07, 6.45) is 2.81. The zero-order valence-corrected chi connectivity index (χ0v) is 22.6. The first-order valence-corrected chi connectivity index (χ1v) is 14.1. The van der Waals surface area contributed by atoms with Crippen LogP contribution in [0.5, 0.6) is 0 Å². The number of hydrogen-bond donors (Lipinski definition) is 1. The van der Waals surface area contributed by atoms with Crippen LogP contribution in [0.3, 0.4) is 0 Å². The van der Waals surface area contributed by atoms with E-state index in [1.165, 1.54) is 4.90 Å². The Labute approximate surface area is 211 Å². The van der Waals surface area contributed by atoms with Crippen LogP contribution >= 0.6 is 15.9 Å². The normalized spacial score (nSPS) is 13.1. The van der Waals surface area contributed by atoms with Crippen molar-refractivity contribution in [1.29, 1.82) is 0 Å². The maximum absolute atomic E-state index is 13.6. The zero-order valence-electron chi connectivity index (χ0n) is 20.2. The van der Waals surface area contributed by atoms with Crippen LogP contribution in [-0.2, 0) is 26.0 Å². The predicted octanol–water partition coefficient (Wildman–Crippen LogP) is 3.98. The van der Waals surface area contributed by atoms with Crippen molar-refractivity contribution in [3.8, 4) is 0 Å². The molecule has 2 aromatic carbocycles. The minimum Gasteiger partial charge on any atom is -0.352 e. The Morgan fingerprint density at radius 1 is 1.03 bits per heavy atom. The summed E-state index contributed by atoms with van der Waals surface area (Å²) in [6, 6.07) is 15.8. The Morgan fingerprint density at radius 3 is 2.26 bits per heavy atom. The van der Waals surface area contributed by atoms with Gasteiger partial charge in [-0.3, -0.25) is 13.9 Å². The Morgan fingerprint density at radius 2 is 1.71 bits per heavy atom. The van der Waals surface area contributed by atoms with Crippen LogP contribution in [0, 0.1) is 0 Å². The number of halogens is 1. The highest BCUT2D eigenvalue weighted by Crippen LogP contribution is 2.23. The number of nitrogens with one attached hydrogen (secondary N) is 1. The molecule has 2 amide bonds. The van der Waals surface area contributed by atoms with E-state index in [1.807, 2.05) is 51.1 Å². The molecule has 0 bridgehead atoms. The van der Waals surface area contributed by atoms with Gasteiger partial charge in [0.2, 0.25) is 21.8 Å². The highest BCUT2D eigenvalue weighted by Gasteiger charge is 2.31. The van der Waals surface area contributed by atoms with Gasteiger partial charge in [0.25, 0.3) is 0 Å². The summed E-state index contributed by atoms with van der Waals surface area (Å²) >= 11 is 3.36. The molecule has 2 rings (SSSR count). The van der Waals surface area contributed by atoms with E-state index in [0.29, 0.717) is 29.5 Å². The molecule has 2 aromatic rings. The first kappa shape index (κ1) is 27.9. The Balaban J connectivity index is 2.36. The van der Waals surface area contributed by atoms with E-state index in [-0.39, 0.29) is 11.9 Å². The van der Waals surface area contributed by atoms with Gasteiger partial charge in [-0.05, 0) is 49.9 Å². The van der Waals surface area contributed by atoms with Gasteiger partial charge in [0.1, 0.15) is 12.6 Å². The summed E-state index contributed by atoms with van der Waals surface area (Å²) in [7, 11) is -3.74. The summed E-state index contributed by atoms with van der Waals surface area (Å²) in [6.45, 7) is 5.65. The van der Waals surface area contributed by atoms with Crippen molar-refractivity contribution in [2.75, 3.05) is 23.7 Å². The van der Waals surface area contributed by atoms with Crippen LogP contribution in [-0.4, -0.2) is 56.6 Å². The van der Waals surface area contributed by atoms with E-state index in [9.17, 15) is 18.0 Å². The quantitative estimate of drug-likeness (QED) is 0.432. The van der Waals surface area contributed by atoms with Crippen molar-refractivity contribution < 1.29 is 18.0 Å². The van der Waals surface area contributed by atoms with E-state index in [4.69, 9.17) is 0 Å². The molecule has 0 fully saturated rings. The summed E-state index contributed by atoms with van der Waals surface area (Å²) in [5.41, 5.74) is 1.41. The van der Waals surface area contributed by atoms with Gasteiger partial charge in [0, 0.05) is 17.1 Å². The molecule has 0 aliphatic carbocycles. The van der Waals surface area contributed by atoms with E-state index < -0.39 is 28.5 Å². The number of hydrogen-bond acceptors (Lipinski definition) is 4. The molecule has 0 saturated heterocycles. The lowest BCUT2D eigenvalue weighted by Crippen LogP contribution is -2.54. The van der Waals surface area contributed by atoms with Gasteiger partial charge in [0.05, 0.1) is 11.9 Å². The average molecular weight is 553 g/mol. The third-order valence-corrected chi connectivity index (χ3v) is 7.28. The molecule has 186 valence electrons. The van der Waals surface area contributed by atoms with Crippen LogP contribution in [0.2, 0.25) is 0 Å². The molecular formula is C25H34BrN3O4S. The molecule has 9 heteroatoms. The van der Waals surface area contributed by atoms with Gasteiger partial charge >= 0.3 is 0 Å². The van der Waals surface area contributed by atoms with Crippen molar-refractivity contribution in [3.63, 3.8) is 0 Å². The lowest BCUT2D eigenvalue weighted by Gasteiger charge is -2.33. The van der Waals surface area contributed by atoms with E-state index >= 15 is 0 Å². The lowest BCUT2D eigenvalue weighted by molar-refractivity contribution is -0.139. The summed E-state index contributed by atoms with van der Waals surface area (Å²) in [5, 5.41) is 2.97. The number of amides is 2. The van der Waals surface area contributed by atoms with Crippen LogP contribution < -0.4 is 9.62 Å². The topological polar surface area (TPSA) is 86.8 Å². The van der Waals surface area contributed by atoms with Crippen LogP contribution in [0.4, 0.5) is 5.69 Å². The molecule has 0 radical (unpaired) electrons. The SMILES string of the molecule is CCC(C)NC(=O)C(CC)N(CCc1ccccc1)C(=O)CN(c1cccc(Br)c1)S(C)(=O)=O. The van der Waals surface area contributed by atoms with Crippen molar-refractivity contribution in [2.24, 2.45) is 0 Å². The second kappa shape index (κ2) is 12.9. The molecule has 1 N–H and O–H groups in total.